The van der Waals surface area contributed by atoms with Gasteiger partial charge in [0, 0.05) is 32.3 Å². The van der Waals surface area contributed by atoms with Crippen LogP contribution in [0.5, 0.6) is 0 Å². The Morgan fingerprint density at radius 3 is 2.81 bits per heavy atom. The predicted molar refractivity (Wildman–Crippen MR) is 66.6 cm³/mol. The van der Waals surface area contributed by atoms with Gasteiger partial charge < -0.3 is 14.8 Å². The molecule has 4 unspecified atom stereocenters. The van der Waals surface area contributed by atoms with Crippen LogP contribution in [0.3, 0.4) is 0 Å². The molecule has 0 radical (unpaired) electrons. The molecule has 1 fully saturated rings. The van der Waals surface area contributed by atoms with E-state index in [0.29, 0.717) is 24.0 Å². The normalized spacial score (nSPS) is 29.2. The van der Waals surface area contributed by atoms with Gasteiger partial charge in [0.05, 0.1) is 6.10 Å². The van der Waals surface area contributed by atoms with Crippen molar-refractivity contribution in [3.05, 3.63) is 0 Å². The van der Waals surface area contributed by atoms with Gasteiger partial charge in [-0.25, -0.2) is 0 Å². The van der Waals surface area contributed by atoms with E-state index in [0.717, 1.165) is 26.1 Å². The van der Waals surface area contributed by atoms with E-state index < -0.39 is 0 Å². The van der Waals surface area contributed by atoms with Gasteiger partial charge in [-0.1, -0.05) is 13.8 Å². The molecule has 0 amide bonds. The minimum Gasteiger partial charge on any atom is -0.385 e. The van der Waals surface area contributed by atoms with Crippen LogP contribution in [0, 0.1) is 11.8 Å². The molecule has 3 heteroatoms. The van der Waals surface area contributed by atoms with E-state index in [-0.39, 0.29) is 0 Å². The van der Waals surface area contributed by atoms with Crippen molar-refractivity contribution in [1.82, 2.24) is 5.32 Å². The summed E-state index contributed by atoms with van der Waals surface area (Å²) in [6.45, 7) is 6.31. The first kappa shape index (κ1) is 13.9. The number of methoxy groups -OCH3 is 1. The van der Waals surface area contributed by atoms with Crippen LogP contribution < -0.4 is 5.32 Å². The zero-order valence-corrected chi connectivity index (χ0v) is 11.2. The molecule has 4 atom stereocenters. The highest BCUT2D eigenvalue weighted by atomic mass is 16.5. The first-order chi connectivity index (χ1) is 7.74. The molecule has 0 aromatic heterocycles. The van der Waals surface area contributed by atoms with E-state index in [1.165, 1.54) is 6.42 Å². The van der Waals surface area contributed by atoms with Crippen LogP contribution in [-0.4, -0.2) is 39.5 Å². The second kappa shape index (κ2) is 7.25. The van der Waals surface area contributed by atoms with Gasteiger partial charge in [0.15, 0.2) is 0 Å². The third-order valence-electron chi connectivity index (χ3n) is 3.85. The van der Waals surface area contributed by atoms with Crippen molar-refractivity contribution in [1.29, 1.82) is 0 Å². The van der Waals surface area contributed by atoms with E-state index in [1.807, 2.05) is 0 Å². The molecule has 0 bridgehead atoms. The Balaban J connectivity index is 2.51. The van der Waals surface area contributed by atoms with Crippen molar-refractivity contribution < 1.29 is 9.47 Å². The molecular weight excluding hydrogens is 202 g/mol. The fourth-order valence-corrected chi connectivity index (χ4v) is 2.90. The van der Waals surface area contributed by atoms with Crippen LogP contribution in [0.1, 0.15) is 33.1 Å². The Hall–Kier alpha value is -0.120. The number of nitrogens with one attached hydrogen (secondary N) is 1. The van der Waals surface area contributed by atoms with Crippen LogP contribution >= 0.6 is 0 Å². The van der Waals surface area contributed by atoms with Crippen molar-refractivity contribution in [2.75, 3.05) is 27.4 Å². The number of hydrogen-bond acceptors (Lipinski definition) is 3. The van der Waals surface area contributed by atoms with Gasteiger partial charge in [0.1, 0.15) is 0 Å². The molecule has 1 aliphatic heterocycles. The Morgan fingerprint density at radius 2 is 2.25 bits per heavy atom. The quantitative estimate of drug-likeness (QED) is 0.725. The molecular formula is C13H27NO2. The fraction of sp³-hybridized carbons (Fsp3) is 1.00. The Morgan fingerprint density at radius 1 is 1.50 bits per heavy atom. The summed E-state index contributed by atoms with van der Waals surface area (Å²) in [4.78, 5) is 0. The molecule has 1 saturated heterocycles. The maximum Gasteiger partial charge on any atom is 0.0616 e. The van der Waals surface area contributed by atoms with Crippen LogP contribution in [0.4, 0.5) is 0 Å². The highest BCUT2D eigenvalue weighted by Gasteiger charge is 2.35. The second-order valence-electron chi connectivity index (χ2n) is 4.84. The summed E-state index contributed by atoms with van der Waals surface area (Å²) in [6, 6.07) is 0.558. The Kier molecular flexibility index (Phi) is 6.32. The summed E-state index contributed by atoms with van der Waals surface area (Å²) in [7, 11) is 3.84. The minimum absolute atomic E-state index is 0.447. The highest BCUT2D eigenvalue weighted by molar-refractivity contribution is 4.88. The minimum atomic E-state index is 0.447. The molecule has 1 rings (SSSR count). The SMILES string of the molecule is CCC1OCCC1C(NC)C(C)CCOC. The monoisotopic (exact) mass is 229 g/mol. The molecule has 0 aromatic rings. The average molecular weight is 229 g/mol. The predicted octanol–water partition coefficient (Wildman–Crippen LogP) is 2.06. The molecule has 0 aliphatic carbocycles. The third-order valence-corrected chi connectivity index (χ3v) is 3.85. The van der Waals surface area contributed by atoms with Gasteiger partial charge >= 0.3 is 0 Å². The molecule has 3 nitrogen and oxygen atoms in total. The van der Waals surface area contributed by atoms with Gasteiger partial charge in [0.25, 0.3) is 0 Å². The van der Waals surface area contributed by atoms with Gasteiger partial charge in [-0.3, -0.25) is 0 Å². The van der Waals surface area contributed by atoms with Crippen molar-refractivity contribution in [3.8, 4) is 0 Å². The summed E-state index contributed by atoms with van der Waals surface area (Å²) >= 11 is 0. The second-order valence-corrected chi connectivity index (χ2v) is 4.84. The summed E-state index contributed by atoms with van der Waals surface area (Å²) in [5.74, 6) is 1.31. The van der Waals surface area contributed by atoms with Crippen molar-refractivity contribution in [2.45, 2.75) is 45.3 Å². The summed E-state index contributed by atoms with van der Waals surface area (Å²) in [5, 5.41) is 3.48. The van der Waals surface area contributed by atoms with E-state index in [1.54, 1.807) is 7.11 Å². The molecule has 0 saturated carbocycles. The summed E-state index contributed by atoms with van der Waals surface area (Å²) < 4.78 is 10.9. The zero-order chi connectivity index (χ0) is 12.0. The molecule has 96 valence electrons. The summed E-state index contributed by atoms with van der Waals surface area (Å²) in [6.07, 6.45) is 3.89. The van der Waals surface area contributed by atoms with E-state index in [2.05, 4.69) is 26.2 Å². The van der Waals surface area contributed by atoms with Crippen molar-refractivity contribution in [2.24, 2.45) is 11.8 Å². The lowest BCUT2D eigenvalue weighted by atomic mass is 9.83. The van der Waals surface area contributed by atoms with Crippen molar-refractivity contribution >= 4 is 0 Å². The number of ether oxygens (including phenoxy) is 2. The summed E-state index contributed by atoms with van der Waals surface area (Å²) in [5.41, 5.74) is 0. The van der Waals surface area contributed by atoms with E-state index in [4.69, 9.17) is 9.47 Å². The van der Waals surface area contributed by atoms with E-state index >= 15 is 0 Å². The lowest BCUT2D eigenvalue weighted by Crippen LogP contribution is -2.42. The molecule has 0 aromatic carbocycles. The molecule has 0 spiro atoms. The maximum absolute atomic E-state index is 5.78. The molecule has 1 heterocycles. The first-order valence-corrected chi connectivity index (χ1v) is 6.52. The Labute approximate surface area is 99.9 Å². The van der Waals surface area contributed by atoms with Crippen LogP contribution in [0.15, 0.2) is 0 Å². The third kappa shape index (κ3) is 3.44. The largest absolute Gasteiger partial charge is 0.385 e. The highest BCUT2D eigenvalue weighted by Crippen LogP contribution is 2.30. The Bertz CT molecular complexity index is 187. The molecule has 16 heavy (non-hydrogen) atoms. The van der Waals surface area contributed by atoms with Crippen molar-refractivity contribution in [3.63, 3.8) is 0 Å². The average Bonchev–Trinajstić information content (AvgIpc) is 2.75. The van der Waals surface area contributed by atoms with Gasteiger partial charge in [-0.2, -0.15) is 0 Å². The van der Waals surface area contributed by atoms with E-state index in [9.17, 15) is 0 Å². The van der Waals surface area contributed by atoms with Gasteiger partial charge in [0.2, 0.25) is 0 Å². The van der Waals surface area contributed by atoms with Crippen LogP contribution in [0.2, 0.25) is 0 Å². The fourth-order valence-electron chi connectivity index (χ4n) is 2.90. The standard InChI is InChI=1S/C13H27NO2/c1-5-12-11(7-9-16-12)13(14-3)10(2)6-8-15-4/h10-14H,5-9H2,1-4H3. The zero-order valence-electron chi connectivity index (χ0n) is 11.2. The van der Waals surface area contributed by atoms with Gasteiger partial charge in [-0.15, -0.1) is 0 Å². The molecule has 1 aliphatic rings. The smallest absolute Gasteiger partial charge is 0.0616 e. The number of hydrogen-bond donors (Lipinski definition) is 1. The van der Waals surface area contributed by atoms with Crippen LogP contribution in [-0.2, 0) is 9.47 Å². The van der Waals surface area contributed by atoms with Gasteiger partial charge in [-0.05, 0) is 32.2 Å². The lowest BCUT2D eigenvalue weighted by Gasteiger charge is -2.31. The van der Waals surface area contributed by atoms with Crippen LogP contribution in [0.25, 0.3) is 0 Å². The topological polar surface area (TPSA) is 30.5 Å². The maximum atomic E-state index is 5.78. The first-order valence-electron chi connectivity index (χ1n) is 6.52. The molecule has 1 N–H and O–H groups in total. The lowest BCUT2D eigenvalue weighted by molar-refractivity contribution is 0.0678. The number of rotatable bonds is 7.